The third-order valence-electron chi connectivity index (χ3n) is 3.14. The zero-order valence-corrected chi connectivity index (χ0v) is 12.0. The average Bonchev–Trinajstić information content (AvgIpc) is 3.20. The van der Waals surface area contributed by atoms with Gasteiger partial charge in [-0.3, -0.25) is 19.9 Å². The lowest BCUT2D eigenvalue weighted by Crippen LogP contribution is -2.27. The smallest absolute Gasteiger partial charge is 0.291 e. The average molecular weight is 336 g/mol. The number of carbonyl (C=O) groups is 1. The number of hydrogen-bond acceptors (Lipinski definition) is 4. The maximum absolute atomic E-state index is 12.5. The number of aromatic nitrogens is 5. The molecule has 0 aliphatic rings. The number of nitrogens with zero attached hydrogens (tertiary/aromatic N) is 4. The van der Waals surface area contributed by atoms with Gasteiger partial charge in [0.1, 0.15) is 0 Å². The van der Waals surface area contributed by atoms with Crippen molar-refractivity contribution >= 4 is 11.9 Å². The molecule has 3 aromatic rings. The summed E-state index contributed by atoms with van der Waals surface area (Å²) in [6.45, 7) is 0. The molecule has 2 heterocycles. The van der Waals surface area contributed by atoms with E-state index in [1.54, 1.807) is 47.7 Å². The molecule has 0 spiro atoms. The Morgan fingerprint density at radius 1 is 1.21 bits per heavy atom. The van der Waals surface area contributed by atoms with Crippen molar-refractivity contribution in [1.29, 1.82) is 0 Å². The number of carbonyl (C=O) groups excluding carboxylic acids is 1. The molecule has 3 rings (SSSR count). The maximum Gasteiger partial charge on any atom is 0.451 e. The Labute approximate surface area is 133 Å². The van der Waals surface area contributed by atoms with Crippen LogP contribution in [-0.2, 0) is 11.0 Å². The van der Waals surface area contributed by atoms with Crippen LogP contribution >= 0.6 is 0 Å². The monoisotopic (exact) mass is 336 g/mol. The molecule has 0 aliphatic carbocycles. The molecule has 24 heavy (non-hydrogen) atoms. The van der Waals surface area contributed by atoms with Crippen LogP contribution in [0.2, 0.25) is 0 Å². The molecule has 2 N–H and O–H groups in total. The van der Waals surface area contributed by atoms with Gasteiger partial charge in [0.05, 0.1) is 0 Å². The number of nitrogens with one attached hydrogen (secondary N) is 2. The molecular weight excluding hydrogens is 325 g/mol. The second-order valence-corrected chi connectivity index (χ2v) is 4.79. The van der Waals surface area contributed by atoms with Crippen LogP contribution in [0, 0.1) is 0 Å². The number of alkyl halides is 3. The summed E-state index contributed by atoms with van der Waals surface area (Å²) in [6, 6.07) is 9.47. The molecule has 2 aromatic heterocycles. The van der Waals surface area contributed by atoms with E-state index in [0.717, 1.165) is 0 Å². The van der Waals surface area contributed by atoms with E-state index in [4.69, 9.17) is 0 Å². The summed E-state index contributed by atoms with van der Waals surface area (Å²) in [5, 5.41) is 11.4. The number of aromatic amines is 1. The number of amides is 1. The van der Waals surface area contributed by atoms with E-state index >= 15 is 0 Å². The topological polar surface area (TPSA) is 88.5 Å². The Morgan fingerprint density at radius 3 is 2.54 bits per heavy atom. The molecule has 1 amide bonds. The summed E-state index contributed by atoms with van der Waals surface area (Å²) in [4.78, 5) is 15.7. The minimum atomic E-state index is -4.67. The van der Waals surface area contributed by atoms with E-state index in [0.29, 0.717) is 5.56 Å². The number of anilines is 1. The van der Waals surface area contributed by atoms with Gasteiger partial charge in [-0.05, 0) is 11.6 Å². The molecule has 0 unspecified atom stereocenters. The van der Waals surface area contributed by atoms with Gasteiger partial charge in [0.25, 0.3) is 5.91 Å². The van der Waals surface area contributed by atoms with Gasteiger partial charge in [-0.2, -0.15) is 23.3 Å². The van der Waals surface area contributed by atoms with Crippen LogP contribution in [0.5, 0.6) is 0 Å². The van der Waals surface area contributed by atoms with Crippen LogP contribution < -0.4 is 5.32 Å². The van der Waals surface area contributed by atoms with Crippen molar-refractivity contribution in [3.63, 3.8) is 0 Å². The van der Waals surface area contributed by atoms with E-state index < -0.39 is 29.9 Å². The predicted molar refractivity (Wildman–Crippen MR) is 76.8 cm³/mol. The Balaban J connectivity index is 1.86. The summed E-state index contributed by atoms with van der Waals surface area (Å²) in [5.41, 5.74) is 0.616. The number of H-pyrrole nitrogens is 1. The Kier molecular flexibility index (Phi) is 4.02. The van der Waals surface area contributed by atoms with E-state index in [1.165, 1.54) is 10.9 Å². The largest absolute Gasteiger partial charge is 0.451 e. The molecule has 0 fully saturated rings. The van der Waals surface area contributed by atoms with E-state index in [9.17, 15) is 18.0 Å². The van der Waals surface area contributed by atoms with Gasteiger partial charge in [0, 0.05) is 12.4 Å². The van der Waals surface area contributed by atoms with Crippen molar-refractivity contribution in [3.8, 4) is 0 Å². The SMILES string of the molecule is O=C(Nc1n[nH]c(C(F)(F)F)n1)[C@H](c1ccccc1)n1cccn1. The third-order valence-corrected chi connectivity index (χ3v) is 3.14. The Morgan fingerprint density at radius 2 is 1.96 bits per heavy atom. The van der Waals surface area contributed by atoms with Crippen LogP contribution in [0.15, 0.2) is 48.8 Å². The quantitative estimate of drug-likeness (QED) is 0.765. The fourth-order valence-electron chi connectivity index (χ4n) is 2.12. The molecule has 7 nitrogen and oxygen atoms in total. The fraction of sp³-hybridized carbons (Fsp3) is 0.143. The first-order valence-electron chi connectivity index (χ1n) is 6.79. The minimum absolute atomic E-state index is 0.458. The molecule has 1 atom stereocenters. The summed E-state index contributed by atoms with van der Waals surface area (Å²) in [7, 11) is 0. The number of rotatable bonds is 4. The molecule has 10 heteroatoms. The maximum atomic E-state index is 12.5. The molecule has 1 aromatic carbocycles. The first-order chi connectivity index (χ1) is 11.4. The lowest BCUT2D eigenvalue weighted by Gasteiger charge is -2.16. The van der Waals surface area contributed by atoms with Crippen molar-refractivity contribution in [2.24, 2.45) is 0 Å². The Hall–Kier alpha value is -3.17. The van der Waals surface area contributed by atoms with Crippen LogP contribution in [0.1, 0.15) is 17.4 Å². The fourth-order valence-corrected chi connectivity index (χ4v) is 2.12. The summed E-state index contributed by atoms with van der Waals surface area (Å²) in [6.07, 6.45) is -1.59. The normalized spacial score (nSPS) is 12.8. The van der Waals surface area contributed by atoms with Gasteiger partial charge in [-0.25, -0.2) is 0 Å². The first kappa shape index (κ1) is 15.7. The zero-order chi connectivity index (χ0) is 17.2. The molecule has 0 radical (unpaired) electrons. The van der Waals surface area contributed by atoms with Crippen molar-refractivity contribution in [3.05, 3.63) is 60.2 Å². The van der Waals surface area contributed by atoms with Crippen LogP contribution in [0.3, 0.4) is 0 Å². The number of halogens is 3. The van der Waals surface area contributed by atoms with E-state index in [-0.39, 0.29) is 0 Å². The van der Waals surface area contributed by atoms with Crippen LogP contribution in [-0.4, -0.2) is 30.9 Å². The van der Waals surface area contributed by atoms with Crippen LogP contribution in [0.25, 0.3) is 0 Å². The zero-order valence-electron chi connectivity index (χ0n) is 12.0. The highest BCUT2D eigenvalue weighted by atomic mass is 19.4. The highest BCUT2D eigenvalue weighted by Crippen LogP contribution is 2.26. The molecule has 0 saturated carbocycles. The highest BCUT2D eigenvalue weighted by Gasteiger charge is 2.35. The van der Waals surface area contributed by atoms with Crippen molar-refractivity contribution < 1.29 is 18.0 Å². The third kappa shape index (κ3) is 3.26. The van der Waals surface area contributed by atoms with Gasteiger partial charge in [-0.1, -0.05) is 30.3 Å². The van der Waals surface area contributed by atoms with E-state index in [2.05, 4.69) is 20.5 Å². The van der Waals surface area contributed by atoms with Gasteiger partial charge in [-0.15, -0.1) is 5.10 Å². The van der Waals surface area contributed by atoms with Crippen LogP contribution in [0.4, 0.5) is 19.1 Å². The molecular formula is C14H11F3N6O. The van der Waals surface area contributed by atoms with E-state index in [1.807, 2.05) is 0 Å². The predicted octanol–water partition coefficient (Wildman–Crippen LogP) is 2.25. The highest BCUT2D eigenvalue weighted by molar-refractivity contribution is 5.94. The Bertz CT molecular complexity index is 813. The van der Waals surface area contributed by atoms with Crippen molar-refractivity contribution in [1.82, 2.24) is 25.0 Å². The number of benzene rings is 1. The number of hydrogen-bond donors (Lipinski definition) is 2. The second kappa shape index (κ2) is 6.14. The van der Waals surface area contributed by atoms with Crippen molar-refractivity contribution in [2.45, 2.75) is 12.2 Å². The summed E-state index contributed by atoms with van der Waals surface area (Å²) >= 11 is 0. The van der Waals surface area contributed by atoms with Gasteiger partial charge in [0.2, 0.25) is 11.8 Å². The minimum Gasteiger partial charge on any atom is -0.291 e. The van der Waals surface area contributed by atoms with Gasteiger partial charge < -0.3 is 0 Å². The molecule has 0 saturated heterocycles. The summed E-state index contributed by atoms with van der Waals surface area (Å²) in [5.74, 6) is -2.36. The lowest BCUT2D eigenvalue weighted by atomic mass is 10.1. The van der Waals surface area contributed by atoms with Gasteiger partial charge >= 0.3 is 6.18 Å². The molecule has 0 bridgehead atoms. The van der Waals surface area contributed by atoms with Crippen molar-refractivity contribution in [2.75, 3.05) is 5.32 Å². The standard InChI is InChI=1S/C14H11F3N6O/c15-14(16,17)12-20-13(22-21-12)19-11(24)10(23-8-4-7-18-23)9-5-2-1-3-6-9/h1-8,10H,(H2,19,20,21,22,24)/t10-/m0/s1. The summed E-state index contributed by atoms with van der Waals surface area (Å²) < 4.78 is 39.0. The first-order valence-corrected chi connectivity index (χ1v) is 6.79. The second-order valence-electron chi connectivity index (χ2n) is 4.79. The molecule has 0 aliphatic heterocycles. The lowest BCUT2D eigenvalue weighted by molar-refractivity contribution is -0.144. The van der Waals surface area contributed by atoms with Gasteiger partial charge in [0.15, 0.2) is 6.04 Å². The molecule has 124 valence electrons.